The van der Waals surface area contributed by atoms with Gasteiger partial charge in [-0.2, -0.15) is 0 Å². The number of carbonyl (C=O) groups excluding carboxylic acids is 10. The van der Waals surface area contributed by atoms with E-state index in [0.717, 1.165) is 113 Å². The Labute approximate surface area is 571 Å². The lowest BCUT2D eigenvalue weighted by molar-refractivity contribution is -0.155. The highest BCUT2D eigenvalue weighted by Gasteiger charge is 2.77. The number of piperidine rings is 1. The quantitative estimate of drug-likeness (QED) is 0.0502. The maximum Gasteiger partial charge on any atom is 0.410 e. The Bertz CT molecular complexity index is 3440. The first-order valence-corrected chi connectivity index (χ1v) is 36.1. The molecule has 0 radical (unpaired) electrons. The summed E-state index contributed by atoms with van der Waals surface area (Å²) in [5.41, 5.74) is 5.83. The van der Waals surface area contributed by atoms with Crippen molar-refractivity contribution in [2.24, 2.45) is 11.8 Å². The molecule has 97 heavy (non-hydrogen) atoms. The summed E-state index contributed by atoms with van der Waals surface area (Å²) in [5, 5.41) is 8.63. The van der Waals surface area contributed by atoms with Crippen LogP contribution in [-0.4, -0.2) is 190 Å². The Morgan fingerprint density at radius 1 is 0.691 bits per heavy atom. The van der Waals surface area contributed by atoms with Gasteiger partial charge in [-0.15, -0.1) is 0 Å². The predicted octanol–water partition coefficient (Wildman–Crippen LogP) is 10.1. The van der Waals surface area contributed by atoms with Crippen molar-refractivity contribution >= 4 is 70.7 Å². The molecule has 2 aromatic rings. The number of ketones is 1. The van der Waals surface area contributed by atoms with Gasteiger partial charge in [0, 0.05) is 89.4 Å². The minimum absolute atomic E-state index is 0.00861. The van der Waals surface area contributed by atoms with Gasteiger partial charge in [0.15, 0.2) is 5.78 Å². The van der Waals surface area contributed by atoms with Crippen LogP contribution < -0.4 is 20.9 Å². The van der Waals surface area contributed by atoms with Crippen LogP contribution in [0.3, 0.4) is 0 Å². The third-order valence-corrected chi connectivity index (χ3v) is 21.8. The number of carbonyl (C=O) groups is 10. The minimum atomic E-state index is -1.11. The number of benzene rings is 2. The maximum atomic E-state index is 15.2. The molecular weight excluding hydrogens is 1230 g/mol. The fourth-order valence-corrected chi connectivity index (χ4v) is 16.8. The summed E-state index contributed by atoms with van der Waals surface area (Å²) < 4.78 is 18.2. The zero-order valence-electron chi connectivity index (χ0n) is 58.5. The summed E-state index contributed by atoms with van der Waals surface area (Å²) in [4.78, 5) is 144. The molecule has 22 heteroatoms. The molecule has 4 unspecified atom stereocenters. The first-order valence-electron chi connectivity index (χ1n) is 36.1. The van der Waals surface area contributed by atoms with E-state index in [9.17, 15) is 43.2 Å². The number of piperazine rings is 2. The van der Waals surface area contributed by atoms with Crippen molar-refractivity contribution in [2.75, 3.05) is 76.2 Å². The minimum Gasteiger partial charge on any atom is -0.444 e. The van der Waals surface area contributed by atoms with Crippen molar-refractivity contribution in [3.63, 3.8) is 0 Å². The SMILES string of the molecule is CN(CCCC(=O)N1CCN(C(=O)OC(C)(C)C)CC1C(=O)N1CCN(C(=O)OC(C)(C)C)CC1C(=O)NCCCCCCCCCCCCCNc1cccc2c1C(=O)N(C1CCC(=O)NC1=O)C2=O)c1ccc([C@H]2C[C@]34O[C@@]3(C)CCC4[C@@H]3CCC4=CC(=O)CCC4=C32)cc1. The van der Waals surface area contributed by atoms with E-state index in [0.29, 0.717) is 50.0 Å². The Hall–Kier alpha value is -7.62. The number of ether oxygens (including phenoxy) is 3. The highest BCUT2D eigenvalue weighted by Crippen LogP contribution is 2.73. The van der Waals surface area contributed by atoms with Crippen LogP contribution >= 0.6 is 0 Å². The van der Waals surface area contributed by atoms with Gasteiger partial charge in [0.1, 0.15) is 34.9 Å². The Balaban J connectivity index is 0.644. The summed E-state index contributed by atoms with van der Waals surface area (Å²) in [6, 6.07) is 10.7. The molecule has 5 heterocycles. The normalized spacial score (nSPS) is 26.1. The zero-order chi connectivity index (χ0) is 69.1. The fourth-order valence-electron chi connectivity index (χ4n) is 16.8. The average Bonchev–Trinajstić information content (AvgIpc) is 1.49. The maximum absolute atomic E-state index is 15.2. The Kier molecular flexibility index (Phi) is 21.5. The predicted molar refractivity (Wildman–Crippen MR) is 365 cm³/mol. The van der Waals surface area contributed by atoms with Gasteiger partial charge in [-0.1, -0.05) is 81.6 Å². The van der Waals surface area contributed by atoms with Crippen LogP contribution in [0.5, 0.6) is 0 Å². The smallest absolute Gasteiger partial charge is 0.410 e. The van der Waals surface area contributed by atoms with E-state index >= 15 is 4.79 Å². The van der Waals surface area contributed by atoms with Gasteiger partial charge >= 0.3 is 12.2 Å². The number of amides is 9. The van der Waals surface area contributed by atoms with Gasteiger partial charge < -0.3 is 49.3 Å². The summed E-state index contributed by atoms with van der Waals surface area (Å²) in [6.45, 7) is 14.6. The number of imide groups is 2. The van der Waals surface area contributed by atoms with E-state index in [1.807, 2.05) is 13.1 Å². The summed E-state index contributed by atoms with van der Waals surface area (Å²) in [7, 11) is 2.02. The van der Waals surface area contributed by atoms with Crippen LogP contribution in [-0.2, 0) is 43.0 Å². The molecule has 8 atom stereocenters. The number of nitrogens with zero attached hydrogens (tertiary/aromatic N) is 6. The Morgan fingerprint density at radius 3 is 1.96 bits per heavy atom. The van der Waals surface area contributed by atoms with E-state index in [4.69, 9.17) is 14.2 Å². The van der Waals surface area contributed by atoms with Gasteiger partial charge in [-0.3, -0.25) is 48.6 Å². The Morgan fingerprint density at radius 2 is 1.32 bits per heavy atom. The fraction of sp³-hybridized carbons (Fsp3) is 0.653. The highest BCUT2D eigenvalue weighted by atomic mass is 16.6. The number of fused-ring (bicyclic) bond motifs is 4. The number of hydrogen-bond acceptors (Lipinski definition) is 15. The van der Waals surface area contributed by atoms with Gasteiger partial charge in [-0.25, -0.2) is 9.59 Å². The molecule has 11 rings (SSSR count). The zero-order valence-corrected chi connectivity index (χ0v) is 58.5. The lowest BCUT2D eigenvalue weighted by Gasteiger charge is -2.46. The third-order valence-electron chi connectivity index (χ3n) is 21.8. The van der Waals surface area contributed by atoms with Crippen molar-refractivity contribution in [1.82, 2.24) is 35.1 Å². The van der Waals surface area contributed by atoms with Gasteiger partial charge in [0.2, 0.25) is 29.5 Å². The van der Waals surface area contributed by atoms with Crippen molar-refractivity contribution in [1.29, 1.82) is 0 Å². The highest BCUT2D eigenvalue weighted by molar-refractivity contribution is 6.25. The van der Waals surface area contributed by atoms with Crippen LogP contribution in [0.4, 0.5) is 21.0 Å². The van der Waals surface area contributed by atoms with Crippen molar-refractivity contribution in [2.45, 2.75) is 236 Å². The van der Waals surface area contributed by atoms with Crippen LogP contribution in [0, 0.1) is 11.8 Å². The standard InChI is InChI=1S/C75H103N9O13/c1-72(2,3)95-70(93)80-41-43-83(59(46-80)65(88)77-38-19-17-15-13-11-9-10-12-14-16-18-37-76-57-23-20-22-54-64(57)69(92)84(67(54)90)58-33-34-61(86)78-66(58)89)68(91)60-47-81(71(94)96-73(4,5)6)40-42-82(60)62(87)24-21-39-79(8)50-28-25-48(26-29-50)55-45-75-56(35-36-74(75,7)97-75)53-31-27-49-44-51(85)30-32-52(49)63(53)55/h20,22-23,25-26,28-29,44,53,55-56,58-60,76H,9-19,21,24,27,30-43,45-47H2,1-8H3,(H,77,88)(H,78,86,89)/t53-,55+,56?,58?,59?,60?,74-,75+/m0/s1. The van der Waals surface area contributed by atoms with E-state index in [1.165, 1.54) is 37.8 Å². The van der Waals surface area contributed by atoms with Gasteiger partial charge in [-0.05, 0) is 172 Å². The van der Waals surface area contributed by atoms with E-state index < -0.39 is 77.0 Å². The molecule has 0 bridgehead atoms. The number of unbranched alkanes of at least 4 members (excludes halogenated alkanes) is 10. The second kappa shape index (κ2) is 29.4. The molecule has 2 saturated carbocycles. The molecule has 1 spiro atoms. The first kappa shape index (κ1) is 70.7. The van der Waals surface area contributed by atoms with Crippen molar-refractivity contribution in [3.8, 4) is 0 Å². The van der Waals surface area contributed by atoms with E-state index in [1.54, 1.807) is 70.2 Å². The molecule has 3 N–H and O–H groups in total. The van der Waals surface area contributed by atoms with Crippen LogP contribution in [0.15, 0.2) is 65.3 Å². The number of epoxide rings is 1. The molecule has 9 amide bonds. The molecule has 4 aliphatic carbocycles. The molecule has 4 saturated heterocycles. The van der Waals surface area contributed by atoms with Gasteiger partial charge in [0.05, 0.1) is 29.8 Å². The largest absolute Gasteiger partial charge is 0.444 e. The van der Waals surface area contributed by atoms with Crippen LogP contribution in [0.25, 0.3) is 0 Å². The summed E-state index contributed by atoms with van der Waals surface area (Å²) in [5.74, 6) is -1.78. The second-order valence-corrected chi connectivity index (χ2v) is 30.7. The van der Waals surface area contributed by atoms with Gasteiger partial charge in [0.25, 0.3) is 11.8 Å². The summed E-state index contributed by atoms with van der Waals surface area (Å²) in [6.07, 6.45) is 19.2. The molecule has 526 valence electrons. The molecule has 9 aliphatic rings. The first-order chi connectivity index (χ1) is 46.2. The monoisotopic (exact) mass is 1340 g/mol. The molecule has 0 aromatic heterocycles. The molecule has 22 nitrogen and oxygen atoms in total. The number of hydrogen-bond donors (Lipinski definition) is 3. The van der Waals surface area contributed by atoms with E-state index in [2.05, 4.69) is 52.0 Å². The van der Waals surface area contributed by atoms with Crippen molar-refractivity contribution < 1.29 is 62.2 Å². The molecule has 6 fully saturated rings. The number of allylic oxidation sites excluding steroid dienone is 4. The average molecular weight is 1340 g/mol. The van der Waals surface area contributed by atoms with E-state index in [-0.39, 0.29) is 98.5 Å². The number of rotatable bonds is 24. The molecule has 5 aliphatic heterocycles. The second-order valence-electron chi connectivity index (χ2n) is 30.7. The number of nitrogens with one attached hydrogen (secondary N) is 3. The van der Waals surface area contributed by atoms with Crippen molar-refractivity contribution in [3.05, 3.63) is 82.0 Å². The molecular formula is C75H103N9O13. The lowest BCUT2D eigenvalue weighted by atomic mass is 9.57. The summed E-state index contributed by atoms with van der Waals surface area (Å²) >= 11 is 0. The third kappa shape index (κ3) is 15.6. The van der Waals surface area contributed by atoms with Crippen LogP contribution in [0.2, 0.25) is 0 Å². The van der Waals surface area contributed by atoms with Crippen LogP contribution in [0.1, 0.15) is 222 Å². The number of anilines is 2. The molecule has 2 aromatic carbocycles. The lowest BCUT2D eigenvalue weighted by Crippen LogP contribution is -2.68. The topological polar surface area (TPSA) is 257 Å².